The fourth-order valence-electron chi connectivity index (χ4n) is 0.856. The Hall–Kier alpha value is -1.03. The summed E-state index contributed by atoms with van der Waals surface area (Å²) < 4.78 is 0. The van der Waals surface area contributed by atoms with Crippen molar-refractivity contribution in [1.29, 1.82) is 0 Å². The predicted molar refractivity (Wildman–Crippen MR) is 60.2 cm³/mol. The highest BCUT2D eigenvalue weighted by atomic mass is 32.1. The summed E-state index contributed by atoms with van der Waals surface area (Å²) in [7, 11) is 0. The lowest BCUT2D eigenvalue weighted by Gasteiger charge is -2.19. The molecule has 0 unspecified atom stereocenters. The van der Waals surface area contributed by atoms with Gasteiger partial charge in [-0.05, 0) is 13.8 Å². The standard InChI is InChI=1S/C10H15NO2S/c1-7(2)9(12)11(5-6-14)10(13)8(3)4/h14H,1,3,5-6H2,2,4H3. The van der Waals surface area contributed by atoms with Gasteiger partial charge in [0.15, 0.2) is 0 Å². The number of nitrogens with zero attached hydrogens (tertiary/aromatic N) is 1. The third kappa shape index (κ3) is 3.38. The van der Waals surface area contributed by atoms with Crippen LogP contribution in [-0.2, 0) is 9.59 Å². The summed E-state index contributed by atoms with van der Waals surface area (Å²) in [5.41, 5.74) is 0.669. The molecule has 0 saturated carbocycles. The zero-order valence-electron chi connectivity index (χ0n) is 8.54. The molecule has 0 aliphatic heterocycles. The zero-order chi connectivity index (χ0) is 11.3. The third-order valence-corrected chi connectivity index (χ3v) is 1.74. The van der Waals surface area contributed by atoms with Crippen LogP contribution >= 0.6 is 12.6 Å². The first kappa shape index (κ1) is 13.0. The maximum absolute atomic E-state index is 11.5. The van der Waals surface area contributed by atoms with Gasteiger partial charge in [-0.3, -0.25) is 14.5 Å². The van der Waals surface area contributed by atoms with Crippen LogP contribution in [0.1, 0.15) is 13.8 Å². The molecule has 0 N–H and O–H groups in total. The highest BCUT2D eigenvalue weighted by Crippen LogP contribution is 2.04. The molecule has 0 heterocycles. The molecule has 2 amide bonds. The van der Waals surface area contributed by atoms with E-state index in [1.807, 2.05) is 0 Å². The minimum Gasteiger partial charge on any atom is -0.274 e. The minimum atomic E-state index is -0.368. The highest BCUT2D eigenvalue weighted by Gasteiger charge is 2.20. The number of rotatable bonds is 4. The molecule has 0 spiro atoms. The van der Waals surface area contributed by atoms with Gasteiger partial charge in [0.25, 0.3) is 11.8 Å². The molecule has 4 heteroatoms. The summed E-state index contributed by atoms with van der Waals surface area (Å²) in [6, 6.07) is 0. The average Bonchev–Trinajstić information content (AvgIpc) is 2.11. The van der Waals surface area contributed by atoms with E-state index in [4.69, 9.17) is 0 Å². The summed E-state index contributed by atoms with van der Waals surface area (Å²) in [6.45, 7) is 10.4. The molecule has 0 aromatic heterocycles. The van der Waals surface area contributed by atoms with E-state index in [0.717, 1.165) is 4.90 Å². The molecule has 0 aromatic carbocycles. The summed E-state index contributed by atoms with van der Waals surface area (Å²) in [5, 5.41) is 0. The molecule has 78 valence electrons. The fraction of sp³-hybridized carbons (Fsp3) is 0.400. The molecule has 0 aliphatic rings. The van der Waals surface area contributed by atoms with E-state index in [2.05, 4.69) is 25.8 Å². The first-order chi connectivity index (χ1) is 6.41. The summed E-state index contributed by atoms with van der Waals surface area (Å²) >= 11 is 3.98. The van der Waals surface area contributed by atoms with E-state index in [-0.39, 0.29) is 18.4 Å². The van der Waals surface area contributed by atoms with Gasteiger partial charge in [-0.2, -0.15) is 12.6 Å². The topological polar surface area (TPSA) is 37.4 Å². The van der Waals surface area contributed by atoms with Gasteiger partial charge in [-0.1, -0.05) is 13.2 Å². The van der Waals surface area contributed by atoms with Gasteiger partial charge in [-0.25, -0.2) is 0 Å². The molecular formula is C10H15NO2S. The Bertz CT molecular complexity index is 258. The highest BCUT2D eigenvalue weighted by molar-refractivity contribution is 7.80. The number of hydrogen-bond donors (Lipinski definition) is 1. The Morgan fingerprint density at radius 2 is 1.50 bits per heavy atom. The number of carbonyl (C=O) groups excluding carboxylic acids is 2. The molecule has 14 heavy (non-hydrogen) atoms. The number of carbonyl (C=O) groups is 2. The smallest absolute Gasteiger partial charge is 0.255 e. The Morgan fingerprint density at radius 3 is 1.71 bits per heavy atom. The van der Waals surface area contributed by atoms with Crippen molar-refractivity contribution >= 4 is 24.4 Å². The molecule has 0 aliphatic carbocycles. The second-order valence-electron chi connectivity index (χ2n) is 3.05. The van der Waals surface area contributed by atoms with Gasteiger partial charge in [0, 0.05) is 23.4 Å². The van der Waals surface area contributed by atoms with Gasteiger partial charge in [0.1, 0.15) is 0 Å². The van der Waals surface area contributed by atoms with Crippen molar-refractivity contribution in [2.24, 2.45) is 0 Å². The van der Waals surface area contributed by atoms with E-state index in [0.29, 0.717) is 16.9 Å². The van der Waals surface area contributed by atoms with Crippen LogP contribution in [0.4, 0.5) is 0 Å². The lowest BCUT2D eigenvalue weighted by atomic mass is 10.2. The molecule has 0 saturated heterocycles. The van der Waals surface area contributed by atoms with Gasteiger partial charge >= 0.3 is 0 Å². The van der Waals surface area contributed by atoms with Crippen LogP contribution < -0.4 is 0 Å². The van der Waals surface area contributed by atoms with Gasteiger partial charge < -0.3 is 0 Å². The number of hydrogen-bond acceptors (Lipinski definition) is 3. The molecule has 3 nitrogen and oxygen atoms in total. The maximum atomic E-state index is 11.5. The summed E-state index contributed by atoms with van der Waals surface area (Å²) in [4.78, 5) is 24.1. The molecule has 0 radical (unpaired) electrons. The van der Waals surface area contributed by atoms with Crippen molar-refractivity contribution < 1.29 is 9.59 Å². The number of thiol groups is 1. The van der Waals surface area contributed by atoms with Crippen LogP contribution in [0.3, 0.4) is 0 Å². The lowest BCUT2D eigenvalue weighted by molar-refractivity contribution is -0.139. The quantitative estimate of drug-likeness (QED) is 0.566. The van der Waals surface area contributed by atoms with Gasteiger partial charge in [-0.15, -0.1) is 0 Å². The Labute approximate surface area is 89.9 Å². The zero-order valence-corrected chi connectivity index (χ0v) is 9.43. The Kier molecular flexibility index (Phi) is 5.23. The summed E-state index contributed by atoms with van der Waals surface area (Å²) in [6.07, 6.45) is 0. The van der Waals surface area contributed by atoms with E-state index in [9.17, 15) is 9.59 Å². The van der Waals surface area contributed by atoms with Crippen LogP contribution in [0.15, 0.2) is 24.3 Å². The van der Waals surface area contributed by atoms with Crippen LogP contribution in [0.5, 0.6) is 0 Å². The third-order valence-electron chi connectivity index (χ3n) is 1.54. The first-order valence-corrected chi connectivity index (χ1v) is 4.83. The maximum Gasteiger partial charge on any atom is 0.255 e. The van der Waals surface area contributed by atoms with Crippen LogP contribution in [0, 0.1) is 0 Å². The van der Waals surface area contributed by atoms with Crippen LogP contribution in [-0.4, -0.2) is 29.0 Å². The Morgan fingerprint density at radius 1 is 1.14 bits per heavy atom. The lowest BCUT2D eigenvalue weighted by Crippen LogP contribution is -2.38. The van der Waals surface area contributed by atoms with E-state index >= 15 is 0 Å². The average molecular weight is 213 g/mol. The SMILES string of the molecule is C=C(C)C(=O)N(CCS)C(=O)C(=C)C. The van der Waals surface area contributed by atoms with Crippen molar-refractivity contribution in [3.63, 3.8) is 0 Å². The monoisotopic (exact) mass is 213 g/mol. The van der Waals surface area contributed by atoms with Gasteiger partial charge in [0.05, 0.1) is 0 Å². The first-order valence-electron chi connectivity index (χ1n) is 4.20. The van der Waals surface area contributed by atoms with Crippen molar-refractivity contribution in [3.8, 4) is 0 Å². The second kappa shape index (κ2) is 5.65. The molecule has 0 aromatic rings. The predicted octanol–water partition coefficient (Wildman–Crippen LogP) is 1.42. The molecule has 0 rings (SSSR count). The number of imide groups is 1. The minimum absolute atomic E-state index is 0.278. The Balaban J connectivity index is 4.76. The van der Waals surface area contributed by atoms with Crippen molar-refractivity contribution in [1.82, 2.24) is 4.90 Å². The van der Waals surface area contributed by atoms with Crippen LogP contribution in [0.25, 0.3) is 0 Å². The van der Waals surface area contributed by atoms with Crippen LogP contribution in [0.2, 0.25) is 0 Å². The van der Waals surface area contributed by atoms with Crippen molar-refractivity contribution in [2.45, 2.75) is 13.8 Å². The fourth-order valence-corrected chi connectivity index (χ4v) is 1.06. The second-order valence-corrected chi connectivity index (χ2v) is 3.49. The van der Waals surface area contributed by atoms with Crippen molar-refractivity contribution in [2.75, 3.05) is 12.3 Å². The summed E-state index contributed by atoms with van der Waals surface area (Å²) in [5.74, 6) is -0.308. The van der Waals surface area contributed by atoms with E-state index < -0.39 is 0 Å². The molecular weight excluding hydrogens is 198 g/mol. The number of amides is 2. The molecule has 0 bridgehead atoms. The largest absolute Gasteiger partial charge is 0.274 e. The van der Waals surface area contributed by atoms with E-state index in [1.165, 1.54) is 0 Å². The van der Waals surface area contributed by atoms with Crippen molar-refractivity contribution in [3.05, 3.63) is 24.3 Å². The van der Waals surface area contributed by atoms with Gasteiger partial charge in [0.2, 0.25) is 0 Å². The normalized spacial score (nSPS) is 9.36. The molecule has 0 atom stereocenters. The molecule has 0 fully saturated rings. The van der Waals surface area contributed by atoms with E-state index in [1.54, 1.807) is 13.8 Å².